The average molecular weight is 255 g/mol. The minimum absolute atomic E-state index is 0.00557. The van der Waals surface area contributed by atoms with E-state index in [2.05, 4.69) is 26.6 Å². The van der Waals surface area contributed by atoms with E-state index in [1.807, 2.05) is 24.3 Å². The minimum atomic E-state index is -0.00557. The number of halogens is 1. The Balaban J connectivity index is 1.99. The lowest BCUT2D eigenvalue weighted by molar-refractivity contribution is -0.119. The number of carbonyl (C=O) groups is 1. The van der Waals surface area contributed by atoms with E-state index in [-0.39, 0.29) is 11.9 Å². The van der Waals surface area contributed by atoms with Gasteiger partial charge in [-0.1, -0.05) is 22.0 Å². The van der Waals surface area contributed by atoms with Gasteiger partial charge in [0.15, 0.2) is 0 Å². The van der Waals surface area contributed by atoms with Crippen LogP contribution in [-0.2, 0) is 4.79 Å². The Morgan fingerprint density at radius 1 is 1.57 bits per heavy atom. The number of hydrogen-bond acceptors (Lipinski definition) is 2. The van der Waals surface area contributed by atoms with Crippen molar-refractivity contribution >= 4 is 27.5 Å². The highest BCUT2D eigenvalue weighted by molar-refractivity contribution is 9.10. The highest BCUT2D eigenvalue weighted by Crippen LogP contribution is 2.16. The van der Waals surface area contributed by atoms with Crippen LogP contribution < -0.4 is 10.6 Å². The van der Waals surface area contributed by atoms with E-state index >= 15 is 0 Å². The van der Waals surface area contributed by atoms with Gasteiger partial charge in [0.1, 0.15) is 0 Å². The molecule has 1 heterocycles. The molecule has 14 heavy (non-hydrogen) atoms. The third-order valence-corrected chi connectivity index (χ3v) is 2.73. The molecule has 1 saturated heterocycles. The summed E-state index contributed by atoms with van der Waals surface area (Å²) in [5.41, 5.74) is 0.832. The molecule has 74 valence electrons. The molecule has 1 aliphatic heterocycles. The molecule has 1 amide bonds. The molecule has 4 heteroatoms. The van der Waals surface area contributed by atoms with Gasteiger partial charge in [-0.2, -0.15) is 0 Å². The molecule has 2 rings (SSSR count). The van der Waals surface area contributed by atoms with Crippen molar-refractivity contribution in [3.63, 3.8) is 0 Å². The van der Waals surface area contributed by atoms with Crippen LogP contribution in [0.15, 0.2) is 28.7 Å². The van der Waals surface area contributed by atoms with E-state index in [1.54, 1.807) is 0 Å². The topological polar surface area (TPSA) is 41.1 Å². The second-order valence-corrected chi connectivity index (χ2v) is 4.21. The van der Waals surface area contributed by atoms with Gasteiger partial charge in [-0.05, 0) is 31.2 Å². The van der Waals surface area contributed by atoms with Crippen LogP contribution in [0.2, 0.25) is 0 Å². The molecule has 0 saturated carbocycles. The zero-order valence-electron chi connectivity index (χ0n) is 7.59. The fourth-order valence-corrected chi connectivity index (χ4v) is 1.71. The Morgan fingerprint density at radius 2 is 2.36 bits per heavy atom. The number of nitrogens with one attached hydrogen (secondary N) is 2. The van der Waals surface area contributed by atoms with Crippen molar-refractivity contribution in [3.8, 4) is 0 Å². The fourth-order valence-electron chi connectivity index (χ4n) is 1.31. The average Bonchev–Trinajstić information content (AvgIpc) is 1.99. The monoisotopic (exact) mass is 254 g/mol. The van der Waals surface area contributed by atoms with Gasteiger partial charge >= 0.3 is 0 Å². The summed E-state index contributed by atoms with van der Waals surface area (Å²) >= 11 is 3.35. The van der Waals surface area contributed by atoms with Crippen molar-refractivity contribution < 1.29 is 4.79 Å². The normalized spacial score (nSPS) is 19.9. The number of carbonyl (C=O) groups excluding carboxylic acids is 1. The van der Waals surface area contributed by atoms with Crippen LogP contribution in [0.3, 0.4) is 0 Å². The molecule has 2 N–H and O–H groups in total. The smallest absolute Gasteiger partial charge is 0.241 e. The molecule has 0 spiro atoms. The molecule has 1 fully saturated rings. The summed E-state index contributed by atoms with van der Waals surface area (Å²) in [6, 6.07) is 7.58. The Labute approximate surface area is 91.0 Å². The van der Waals surface area contributed by atoms with Crippen LogP contribution in [0.5, 0.6) is 0 Å². The second kappa shape index (κ2) is 4.11. The van der Waals surface area contributed by atoms with E-state index in [9.17, 15) is 4.79 Å². The van der Waals surface area contributed by atoms with Gasteiger partial charge in [0.2, 0.25) is 5.91 Å². The van der Waals surface area contributed by atoms with Gasteiger partial charge in [0.05, 0.1) is 6.04 Å². The van der Waals surface area contributed by atoms with Crippen LogP contribution in [0.25, 0.3) is 0 Å². The van der Waals surface area contributed by atoms with Gasteiger partial charge < -0.3 is 10.6 Å². The zero-order valence-corrected chi connectivity index (χ0v) is 9.17. The summed E-state index contributed by atoms with van der Waals surface area (Å²) in [6.45, 7) is 0.941. The molecule has 1 aromatic carbocycles. The van der Waals surface area contributed by atoms with Crippen molar-refractivity contribution in [2.75, 3.05) is 11.9 Å². The molecule has 3 nitrogen and oxygen atoms in total. The number of benzene rings is 1. The largest absolute Gasteiger partial charge is 0.325 e. The highest BCUT2D eigenvalue weighted by Gasteiger charge is 2.24. The second-order valence-electron chi connectivity index (χ2n) is 3.29. The fraction of sp³-hybridized carbons (Fsp3) is 0.300. The summed E-state index contributed by atoms with van der Waals surface area (Å²) in [4.78, 5) is 11.5. The standard InChI is InChI=1S/C10H11BrN2O/c11-7-2-1-3-8(6-7)13-10(14)9-4-5-12-9/h1-3,6,9,12H,4-5H2,(H,13,14). The maximum Gasteiger partial charge on any atom is 0.241 e. The maximum atomic E-state index is 11.5. The molecular weight excluding hydrogens is 244 g/mol. The molecule has 0 aliphatic carbocycles. The van der Waals surface area contributed by atoms with E-state index in [0.717, 1.165) is 23.1 Å². The third kappa shape index (κ3) is 2.13. The van der Waals surface area contributed by atoms with Gasteiger partial charge in [0, 0.05) is 10.2 Å². The predicted molar refractivity (Wildman–Crippen MR) is 59.2 cm³/mol. The van der Waals surface area contributed by atoms with Gasteiger partial charge in [-0.15, -0.1) is 0 Å². The first kappa shape index (κ1) is 9.68. The van der Waals surface area contributed by atoms with Crippen LogP contribution in [0.1, 0.15) is 6.42 Å². The molecule has 0 radical (unpaired) electrons. The number of anilines is 1. The molecule has 1 aromatic rings. The Hall–Kier alpha value is -0.870. The first-order chi connectivity index (χ1) is 6.75. The Bertz CT molecular complexity index is 350. The predicted octanol–water partition coefficient (Wildman–Crippen LogP) is 1.75. The van der Waals surface area contributed by atoms with Gasteiger partial charge in [-0.25, -0.2) is 0 Å². The van der Waals surface area contributed by atoms with Crippen LogP contribution in [0.4, 0.5) is 5.69 Å². The lowest BCUT2D eigenvalue weighted by atomic mass is 10.1. The Morgan fingerprint density at radius 3 is 2.93 bits per heavy atom. The van der Waals surface area contributed by atoms with Gasteiger partial charge in [0.25, 0.3) is 0 Å². The van der Waals surface area contributed by atoms with Crippen molar-refractivity contribution in [1.29, 1.82) is 0 Å². The SMILES string of the molecule is O=C(Nc1cccc(Br)c1)C1CCN1. The maximum absolute atomic E-state index is 11.5. The number of rotatable bonds is 2. The van der Waals surface area contributed by atoms with Crippen LogP contribution in [0, 0.1) is 0 Å². The summed E-state index contributed by atoms with van der Waals surface area (Å²) in [5, 5.41) is 5.91. The summed E-state index contributed by atoms with van der Waals surface area (Å²) < 4.78 is 0.969. The zero-order chi connectivity index (χ0) is 9.97. The first-order valence-electron chi connectivity index (χ1n) is 4.55. The highest BCUT2D eigenvalue weighted by atomic mass is 79.9. The number of amides is 1. The molecule has 0 aromatic heterocycles. The first-order valence-corrected chi connectivity index (χ1v) is 5.35. The van der Waals surface area contributed by atoms with Crippen molar-refractivity contribution in [1.82, 2.24) is 5.32 Å². The van der Waals surface area contributed by atoms with Crippen molar-refractivity contribution in [2.24, 2.45) is 0 Å². The summed E-state index contributed by atoms with van der Waals surface area (Å²) in [7, 11) is 0. The van der Waals surface area contributed by atoms with E-state index in [0.29, 0.717) is 0 Å². The quantitative estimate of drug-likeness (QED) is 0.845. The molecule has 1 aliphatic rings. The molecular formula is C10H11BrN2O. The molecule has 0 bridgehead atoms. The van der Waals surface area contributed by atoms with E-state index < -0.39 is 0 Å². The van der Waals surface area contributed by atoms with Gasteiger partial charge in [-0.3, -0.25) is 4.79 Å². The van der Waals surface area contributed by atoms with Crippen LogP contribution in [-0.4, -0.2) is 18.5 Å². The minimum Gasteiger partial charge on any atom is -0.325 e. The van der Waals surface area contributed by atoms with Crippen molar-refractivity contribution in [2.45, 2.75) is 12.5 Å². The molecule has 1 atom stereocenters. The third-order valence-electron chi connectivity index (χ3n) is 2.23. The lowest BCUT2D eigenvalue weighted by Crippen LogP contribution is -2.50. The lowest BCUT2D eigenvalue weighted by Gasteiger charge is -2.26. The van der Waals surface area contributed by atoms with Crippen molar-refractivity contribution in [3.05, 3.63) is 28.7 Å². The molecule has 1 unspecified atom stereocenters. The summed E-state index contributed by atoms with van der Waals surface area (Å²) in [5.74, 6) is 0.0503. The Kier molecular flexibility index (Phi) is 2.84. The van der Waals surface area contributed by atoms with E-state index in [4.69, 9.17) is 0 Å². The van der Waals surface area contributed by atoms with Crippen LogP contribution >= 0.6 is 15.9 Å². The summed E-state index contributed by atoms with van der Waals surface area (Å²) in [6.07, 6.45) is 0.930. The van der Waals surface area contributed by atoms with E-state index in [1.165, 1.54) is 0 Å². The number of hydrogen-bond donors (Lipinski definition) is 2.